The van der Waals surface area contributed by atoms with Crippen LogP contribution in [0, 0.1) is 5.92 Å². The fourth-order valence-electron chi connectivity index (χ4n) is 3.68. The molecule has 2 amide bonds. The number of hydrogen-bond donors (Lipinski definition) is 2. The Hall–Kier alpha value is -2.31. The number of fused-ring (bicyclic) bond motifs is 1. The molecule has 158 valence electrons. The van der Waals surface area contributed by atoms with Gasteiger partial charge in [-0.1, -0.05) is 24.3 Å². The average molecular weight is 420 g/mol. The van der Waals surface area contributed by atoms with Crippen LogP contribution in [0.1, 0.15) is 30.1 Å². The molecule has 2 aromatic rings. The summed E-state index contributed by atoms with van der Waals surface area (Å²) in [5.41, 5.74) is 0.654. The van der Waals surface area contributed by atoms with Crippen LogP contribution in [0.2, 0.25) is 0 Å². The molecule has 29 heavy (non-hydrogen) atoms. The van der Waals surface area contributed by atoms with Crippen LogP contribution in [0.3, 0.4) is 0 Å². The average Bonchev–Trinajstić information content (AvgIpc) is 2.75. The summed E-state index contributed by atoms with van der Waals surface area (Å²) in [7, 11) is 3.50. The molecule has 1 saturated heterocycles. The summed E-state index contributed by atoms with van der Waals surface area (Å²) in [6.45, 7) is 3.74. The number of likely N-dealkylation sites (tertiary alicyclic amines) is 1. The maximum absolute atomic E-state index is 13.2. The summed E-state index contributed by atoms with van der Waals surface area (Å²) in [6, 6.07) is 11.6. The fraction of sp³-hybridized carbons (Fsp3) is 0.455. The summed E-state index contributed by atoms with van der Waals surface area (Å²) < 4.78 is 5.43. The van der Waals surface area contributed by atoms with Crippen molar-refractivity contribution in [3.05, 3.63) is 42.0 Å². The van der Waals surface area contributed by atoms with E-state index in [-0.39, 0.29) is 36.2 Å². The Morgan fingerprint density at radius 2 is 1.93 bits per heavy atom. The number of methoxy groups -OCH3 is 1. The predicted octanol–water partition coefficient (Wildman–Crippen LogP) is 2.85. The van der Waals surface area contributed by atoms with Gasteiger partial charge < -0.3 is 20.3 Å². The highest BCUT2D eigenvalue weighted by atomic mass is 35.5. The zero-order valence-electron chi connectivity index (χ0n) is 17.2. The molecule has 2 atom stereocenters. The van der Waals surface area contributed by atoms with Gasteiger partial charge in [0, 0.05) is 36.6 Å². The van der Waals surface area contributed by atoms with Crippen molar-refractivity contribution in [2.75, 3.05) is 33.8 Å². The van der Waals surface area contributed by atoms with Crippen LogP contribution in [-0.4, -0.2) is 56.5 Å². The quantitative estimate of drug-likeness (QED) is 0.755. The van der Waals surface area contributed by atoms with E-state index in [9.17, 15) is 9.59 Å². The normalized spacial score (nSPS) is 17.3. The largest absolute Gasteiger partial charge is 0.496 e. The van der Waals surface area contributed by atoms with Crippen molar-refractivity contribution in [1.29, 1.82) is 0 Å². The summed E-state index contributed by atoms with van der Waals surface area (Å²) in [5, 5.41) is 7.90. The number of rotatable bonds is 6. The Balaban J connectivity index is 0.00000300. The molecule has 1 heterocycles. The number of piperidine rings is 1. The van der Waals surface area contributed by atoms with Crippen molar-refractivity contribution in [1.82, 2.24) is 15.5 Å². The molecule has 2 unspecified atom stereocenters. The van der Waals surface area contributed by atoms with Gasteiger partial charge in [-0.3, -0.25) is 9.59 Å². The number of carbonyl (C=O) groups is 2. The van der Waals surface area contributed by atoms with Crippen LogP contribution < -0.4 is 15.4 Å². The fourth-order valence-corrected chi connectivity index (χ4v) is 3.68. The van der Waals surface area contributed by atoms with Gasteiger partial charge in [-0.15, -0.1) is 12.4 Å². The van der Waals surface area contributed by atoms with Crippen molar-refractivity contribution >= 4 is 35.0 Å². The monoisotopic (exact) mass is 419 g/mol. The molecule has 0 bridgehead atoms. The third kappa shape index (κ3) is 5.19. The lowest BCUT2D eigenvalue weighted by Gasteiger charge is -2.32. The number of carbonyl (C=O) groups excluding carboxylic acids is 2. The number of halogens is 1. The molecule has 1 fully saturated rings. The first-order valence-electron chi connectivity index (χ1n) is 9.85. The highest BCUT2D eigenvalue weighted by Gasteiger charge is 2.29. The van der Waals surface area contributed by atoms with Gasteiger partial charge in [0.2, 0.25) is 5.91 Å². The lowest BCUT2D eigenvalue weighted by molar-refractivity contribution is -0.126. The Bertz CT molecular complexity index is 858. The summed E-state index contributed by atoms with van der Waals surface area (Å²) >= 11 is 0. The molecule has 0 aromatic heterocycles. The minimum Gasteiger partial charge on any atom is -0.496 e. The van der Waals surface area contributed by atoms with Gasteiger partial charge in [-0.05, 0) is 44.3 Å². The van der Waals surface area contributed by atoms with Gasteiger partial charge >= 0.3 is 0 Å². The van der Waals surface area contributed by atoms with E-state index in [2.05, 4.69) is 10.6 Å². The molecule has 2 N–H and O–H groups in total. The maximum atomic E-state index is 13.2. The van der Waals surface area contributed by atoms with Crippen molar-refractivity contribution in [2.24, 2.45) is 5.92 Å². The predicted molar refractivity (Wildman–Crippen MR) is 118 cm³/mol. The minimum atomic E-state index is -0.161. The topological polar surface area (TPSA) is 70.7 Å². The minimum absolute atomic E-state index is 0. The third-order valence-electron chi connectivity index (χ3n) is 5.49. The van der Waals surface area contributed by atoms with Crippen molar-refractivity contribution in [3.63, 3.8) is 0 Å². The van der Waals surface area contributed by atoms with Crippen LogP contribution in [0.15, 0.2) is 36.4 Å². The van der Waals surface area contributed by atoms with Gasteiger partial charge in [0.1, 0.15) is 5.75 Å². The van der Waals surface area contributed by atoms with E-state index < -0.39 is 0 Å². The molecule has 0 spiro atoms. The molecule has 3 rings (SSSR count). The number of amides is 2. The molecule has 7 heteroatoms. The standard InChI is InChI=1S/C22H29N3O3.ClH/c1-15(23-2)13-24-21(26)16-7-6-12-25(14-16)22(27)19-10-11-20(28-3)18-9-5-4-8-17(18)19;/h4-5,8-11,15-16,23H,6-7,12-14H2,1-3H3,(H,24,26);1H. The van der Waals surface area contributed by atoms with E-state index >= 15 is 0 Å². The number of ether oxygens (including phenoxy) is 1. The SMILES string of the molecule is CNC(C)CNC(=O)C1CCCN(C(=O)c2ccc(OC)c3ccccc23)C1.Cl. The first-order chi connectivity index (χ1) is 13.5. The number of hydrogen-bond acceptors (Lipinski definition) is 4. The second-order valence-electron chi connectivity index (χ2n) is 7.39. The molecule has 1 aliphatic heterocycles. The van der Waals surface area contributed by atoms with E-state index in [1.165, 1.54) is 0 Å². The summed E-state index contributed by atoms with van der Waals surface area (Å²) in [4.78, 5) is 27.6. The smallest absolute Gasteiger partial charge is 0.254 e. The van der Waals surface area contributed by atoms with Crippen LogP contribution in [0.4, 0.5) is 0 Å². The zero-order chi connectivity index (χ0) is 20.1. The Morgan fingerprint density at radius 1 is 1.21 bits per heavy atom. The van der Waals surface area contributed by atoms with E-state index in [0.717, 1.165) is 29.4 Å². The van der Waals surface area contributed by atoms with E-state index in [1.54, 1.807) is 7.11 Å². The highest BCUT2D eigenvalue weighted by Crippen LogP contribution is 2.30. The van der Waals surface area contributed by atoms with Gasteiger partial charge in [-0.25, -0.2) is 0 Å². The van der Waals surface area contributed by atoms with Crippen LogP contribution >= 0.6 is 12.4 Å². The molecule has 1 aliphatic rings. The first-order valence-corrected chi connectivity index (χ1v) is 9.85. The molecule has 6 nitrogen and oxygen atoms in total. The number of likely N-dealkylation sites (N-methyl/N-ethyl adjacent to an activating group) is 1. The van der Waals surface area contributed by atoms with Crippen LogP contribution in [0.5, 0.6) is 5.75 Å². The Morgan fingerprint density at radius 3 is 2.62 bits per heavy atom. The molecule has 0 radical (unpaired) electrons. The highest BCUT2D eigenvalue weighted by molar-refractivity contribution is 6.08. The second kappa shape index (κ2) is 10.5. The lowest BCUT2D eigenvalue weighted by Crippen LogP contribution is -2.47. The second-order valence-corrected chi connectivity index (χ2v) is 7.39. The molecular formula is C22H30ClN3O3. The van der Waals surface area contributed by atoms with Crippen molar-refractivity contribution < 1.29 is 14.3 Å². The summed E-state index contributed by atoms with van der Waals surface area (Å²) in [5.74, 6) is 0.590. The lowest BCUT2D eigenvalue weighted by atomic mass is 9.95. The number of nitrogens with one attached hydrogen (secondary N) is 2. The summed E-state index contributed by atoms with van der Waals surface area (Å²) in [6.07, 6.45) is 1.65. The van der Waals surface area contributed by atoms with E-state index in [4.69, 9.17) is 4.74 Å². The third-order valence-corrected chi connectivity index (χ3v) is 5.49. The molecular weight excluding hydrogens is 390 g/mol. The van der Waals surface area contributed by atoms with Crippen molar-refractivity contribution in [2.45, 2.75) is 25.8 Å². The first kappa shape index (κ1) is 23.0. The van der Waals surface area contributed by atoms with E-state index in [1.807, 2.05) is 55.3 Å². The van der Waals surface area contributed by atoms with Gasteiger partial charge in [0.25, 0.3) is 5.91 Å². The Kier molecular flexibility index (Phi) is 8.29. The Labute approximate surface area is 178 Å². The molecule has 0 aliphatic carbocycles. The maximum Gasteiger partial charge on any atom is 0.254 e. The van der Waals surface area contributed by atoms with Crippen LogP contribution in [-0.2, 0) is 4.79 Å². The van der Waals surface area contributed by atoms with Gasteiger partial charge in [0.15, 0.2) is 0 Å². The van der Waals surface area contributed by atoms with Crippen LogP contribution in [0.25, 0.3) is 10.8 Å². The van der Waals surface area contributed by atoms with Gasteiger partial charge in [-0.2, -0.15) is 0 Å². The zero-order valence-corrected chi connectivity index (χ0v) is 18.1. The number of nitrogens with zero attached hydrogens (tertiary/aromatic N) is 1. The van der Waals surface area contributed by atoms with E-state index in [0.29, 0.717) is 25.2 Å². The van der Waals surface area contributed by atoms with Crippen molar-refractivity contribution in [3.8, 4) is 5.75 Å². The number of benzene rings is 2. The molecule has 0 saturated carbocycles. The van der Waals surface area contributed by atoms with Gasteiger partial charge in [0.05, 0.1) is 13.0 Å². The molecule has 2 aromatic carbocycles.